The molecule has 4 aliphatic heterocycles. The molecule has 0 aromatic heterocycles. The molecule has 0 aliphatic carbocycles. The number of ether oxygens (including phenoxy) is 1. The van der Waals surface area contributed by atoms with E-state index in [2.05, 4.69) is 9.80 Å². The van der Waals surface area contributed by atoms with Gasteiger partial charge in [-0.15, -0.1) is 0 Å². The Hall–Kier alpha value is -1.13. The predicted octanol–water partition coefficient (Wildman–Crippen LogP) is 2.76. The van der Waals surface area contributed by atoms with Crippen LogP contribution in [0.15, 0.2) is 24.3 Å². The van der Waals surface area contributed by atoms with Gasteiger partial charge in [0.15, 0.2) is 0 Å². The molecule has 0 N–H and O–H groups in total. The summed E-state index contributed by atoms with van der Waals surface area (Å²) in [6.07, 6.45) is 5.22. The first-order chi connectivity index (χ1) is 10.8. The minimum Gasteiger partial charge on any atom is -0.490 e. The van der Waals surface area contributed by atoms with Crippen molar-refractivity contribution in [3.05, 3.63) is 30.1 Å². The van der Waals surface area contributed by atoms with Gasteiger partial charge in [-0.3, -0.25) is 4.90 Å². The Morgan fingerprint density at radius 2 is 1.59 bits per heavy atom. The second-order valence-electron chi connectivity index (χ2n) is 7.01. The van der Waals surface area contributed by atoms with Crippen LogP contribution in [0.1, 0.15) is 25.7 Å². The Labute approximate surface area is 132 Å². The number of rotatable bonds is 3. The fourth-order valence-electron chi connectivity index (χ4n) is 4.38. The normalized spacial score (nSPS) is 33.0. The maximum absolute atomic E-state index is 12.9. The number of hydrogen-bond donors (Lipinski definition) is 0. The fourth-order valence-corrected chi connectivity index (χ4v) is 4.38. The van der Waals surface area contributed by atoms with Crippen LogP contribution in [0.4, 0.5) is 4.39 Å². The molecule has 120 valence electrons. The predicted molar refractivity (Wildman–Crippen MR) is 84.6 cm³/mol. The summed E-state index contributed by atoms with van der Waals surface area (Å²) in [7, 11) is 0. The van der Waals surface area contributed by atoms with Crippen LogP contribution in [-0.4, -0.2) is 54.7 Å². The molecule has 4 aliphatic rings. The van der Waals surface area contributed by atoms with Gasteiger partial charge in [-0.2, -0.15) is 0 Å². The molecule has 1 aromatic carbocycles. The maximum atomic E-state index is 12.9. The van der Waals surface area contributed by atoms with Crippen molar-refractivity contribution in [1.82, 2.24) is 9.80 Å². The van der Waals surface area contributed by atoms with Gasteiger partial charge in [0.2, 0.25) is 0 Å². The van der Waals surface area contributed by atoms with Crippen molar-refractivity contribution in [3.8, 4) is 5.75 Å². The molecule has 1 atom stereocenters. The van der Waals surface area contributed by atoms with Gasteiger partial charge in [0, 0.05) is 25.7 Å². The molecule has 4 fully saturated rings. The van der Waals surface area contributed by atoms with E-state index in [1.54, 1.807) is 12.1 Å². The first-order valence-corrected chi connectivity index (χ1v) is 8.66. The van der Waals surface area contributed by atoms with Crippen molar-refractivity contribution >= 4 is 0 Å². The fraction of sp³-hybridized carbons (Fsp3) is 0.667. The summed E-state index contributed by atoms with van der Waals surface area (Å²) in [5, 5.41) is 0. The average molecular weight is 304 g/mol. The molecular formula is C18H25FN2O. The molecule has 0 amide bonds. The Morgan fingerprint density at radius 3 is 2.18 bits per heavy atom. The average Bonchev–Trinajstić information content (AvgIpc) is 2.59. The third-order valence-electron chi connectivity index (χ3n) is 5.68. The van der Waals surface area contributed by atoms with Crippen LogP contribution < -0.4 is 4.74 Å². The summed E-state index contributed by atoms with van der Waals surface area (Å²) in [6, 6.07) is 7.17. The van der Waals surface area contributed by atoms with E-state index < -0.39 is 0 Å². The summed E-state index contributed by atoms with van der Waals surface area (Å²) in [4.78, 5) is 5.33. The van der Waals surface area contributed by atoms with E-state index >= 15 is 0 Å². The zero-order valence-electron chi connectivity index (χ0n) is 13.1. The molecule has 1 aromatic rings. The van der Waals surface area contributed by atoms with Gasteiger partial charge >= 0.3 is 0 Å². The molecular weight excluding hydrogens is 279 g/mol. The van der Waals surface area contributed by atoms with Gasteiger partial charge in [0.25, 0.3) is 0 Å². The highest BCUT2D eigenvalue weighted by molar-refractivity contribution is 5.22. The minimum absolute atomic E-state index is 0.204. The van der Waals surface area contributed by atoms with E-state index in [0.717, 1.165) is 43.6 Å². The molecule has 2 bridgehead atoms. The molecule has 0 saturated carbocycles. The monoisotopic (exact) mass is 304 g/mol. The van der Waals surface area contributed by atoms with E-state index in [1.807, 2.05) is 0 Å². The highest BCUT2D eigenvalue weighted by Gasteiger charge is 2.38. The van der Waals surface area contributed by atoms with Gasteiger partial charge in [-0.25, -0.2) is 4.39 Å². The number of piperidine rings is 4. The smallest absolute Gasteiger partial charge is 0.123 e. The highest BCUT2D eigenvalue weighted by atomic mass is 19.1. The van der Waals surface area contributed by atoms with E-state index in [1.165, 1.54) is 44.6 Å². The molecule has 22 heavy (non-hydrogen) atoms. The first kappa shape index (κ1) is 14.5. The lowest BCUT2D eigenvalue weighted by atomic mass is 9.82. The van der Waals surface area contributed by atoms with Gasteiger partial charge in [-0.05, 0) is 69.0 Å². The number of halogens is 1. The van der Waals surface area contributed by atoms with Crippen LogP contribution in [0, 0.1) is 11.7 Å². The Morgan fingerprint density at radius 1 is 0.909 bits per heavy atom. The van der Waals surface area contributed by atoms with E-state index in [9.17, 15) is 4.39 Å². The van der Waals surface area contributed by atoms with Crippen molar-refractivity contribution in [1.29, 1.82) is 0 Å². The molecule has 1 unspecified atom stereocenters. The standard InChI is InChI=1S/C18H25FN2O/c19-15-1-3-16(4-2-15)22-17-7-11-21(12-8-17)18-13-20-9-5-14(18)6-10-20/h1-4,14,17-18H,5-13H2. The molecule has 5 rings (SSSR count). The van der Waals surface area contributed by atoms with Crippen molar-refractivity contribution in [3.63, 3.8) is 0 Å². The number of hydrogen-bond acceptors (Lipinski definition) is 3. The SMILES string of the molecule is Fc1ccc(OC2CCN(C3CN4CCC3CC4)CC2)cc1. The number of fused-ring (bicyclic) bond motifs is 3. The van der Waals surface area contributed by atoms with E-state index in [-0.39, 0.29) is 11.9 Å². The van der Waals surface area contributed by atoms with Gasteiger partial charge in [0.05, 0.1) is 0 Å². The quantitative estimate of drug-likeness (QED) is 0.854. The summed E-state index contributed by atoms with van der Waals surface area (Å²) in [5.74, 6) is 1.51. The molecule has 0 radical (unpaired) electrons. The summed E-state index contributed by atoms with van der Waals surface area (Å²) < 4.78 is 18.9. The number of nitrogens with zero attached hydrogens (tertiary/aromatic N) is 2. The zero-order valence-corrected chi connectivity index (χ0v) is 13.1. The van der Waals surface area contributed by atoms with Crippen molar-refractivity contribution in [2.24, 2.45) is 5.92 Å². The van der Waals surface area contributed by atoms with Crippen LogP contribution >= 0.6 is 0 Å². The zero-order chi connectivity index (χ0) is 14.9. The van der Waals surface area contributed by atoms with Crippen molar-refractivity contribution in [2.75, 3.05) is 32.7 Å². The molecule has 0 spiro atoms. The number of likely N-dealkylation sites (tertiary alicyclic amines) is 1. The first-order valence-electron chi connectivity index (χ1n) is 8.66. The number of benzene rings is 1. The lowest BCUT2D eigenvalue weighted by Crippen LogP contribution is -2.59. The Bertz CT molecular complexity index is 490. The molecule has 4 heteroatoms. The molecule has 4 saturated heterocycles. The summed E-state index contributed by atoms with van der Waals surface area (Å²) in [5.41, 5.74) is 0. The van der Waals surface area contributed by atoms with E-state index in [0.29, 0.717) is 0 Å². The van der Waals surface area contributed by atoms with Crippen LogP contribution in [-0.2, 0) is 0 Å². The topological polar surface area (TPSA) is 15.7 Å². The lowest BCUT2D eigenvalue weighted by Gasteiger charge is -2.50. The third kappa shape index (κ3) is 2.99. The molecule has 3 nitrogen and oxygen atoms in total. The maximum Gasteiger partial charge on any atom is 0.123 e. The lowest BCUT2D eigenvalue weighted by molar-refractivity contribution is -0.0178. The highest BCUT2D eigenvalue weighted by Crippen LogP contribution is 2.32. The molecule has 4 heterocycles. The third-order valence-corrected chi connectivity index (χ3v) is 5.68. The Balaban J connectivity index is 1.30. The van der Waals surface area contributed by atoms with Crippen LogP contribution in [0.2, 0.25) is 0 Å². The minimum atomic E-state index is -0.204. The second-order valence-corrected chi connectivity index (χ2v) is 7.01. The second kappa shape index (κ2) is 6.17. The van der Waals surface area contributed by atoms with Crippen molar-refractivity contribution in [2.45, 2.75) is 37.8 Å². The van der Waals surface area contributed by atoms with E-state index in [4.69, 9.17) is 4.74 Å². The summed E-state index contributed by atoms with van der Waals surface area (Å²) >= 11 is 0. The van der Waals surface area contributed by atoms with Crippen LogP contribution in [0.3, 0.4) is 0 Å². The van der Waals surface area contributed by atoms with Crippen molar-refractivity contribution < 1.29 is 9.13 Å². The van der Waals surface area contributed by atoms with Crippen LogP contribution in [0.25, 0.3) is 0 Å². The Kier molecular flexibility index (Phi) is 4.05. The summed E-state index contributed by atoms with van der Waals surface area (Å²) in [6.45, 7) is 6.17. The largest absolute Gasteiger partial charge is 0.490 e. The van der Waals surface area contributed by atoms with Gasteiger partial charge < -0.3 is 9.64 Å². The van der Waals surface area contributed by atoms with Crippen LogP contribution in [0.5, 0.6) is 5.75 Å². The van der Waals surface area contributed by atoms with Gasteiger partial charge in [-0.1, -0.05) is 0 Å². The van der Waals surface area contributed by atoms with Gasteiger partial charge in [0.1, 0.15) is 17.7 Å².